The van der Waals surface area contributed by atoms with Crippen LogP contribution in [0.4, 0.5) is 16.2 Å². The number of rotatable bonds is 50. The molecule has 0 radical (unpaired) electrons. The van der Waals surface area contributed by atoms with Crippen LogP contribution in [-0.4, -0.2) is 111 Å². The van der Waals surface area contributed by atoms with Crippen LogP contribution < -0.4 is 27.0 Å². The number of amides is 1. The maximum absolute atomic E-state index is 13.0. The van der Waals surface area contributed by atoms with Crippen molar-refractivity contribution in [2.24, 2.45) is 0 Å². The zero-order valence-electron chi connectivity index (χ0n) is 54.2. The molecule has 0 spiro atoms. The number of phosphoric ester groups is 1. The van der Waals surface area contributed by atoms with Crippen molar-refractivity contribution in [3.05, 3.63) is 53.4 Å². The molecule has 0 bridgehead atoms. The predicted molar refractivity (Wildman–Crippen MR) is 360 cm³/mol. The number of anilines is 2. The fraction of sp³-hybridized carbons (Fsp3) is 0.631. The summed E-state index contributed by atoms with van der Waals surface area (Å²) in [5.74, 6) is -3.29. The Kier molecular flexibility index (Phi) is 37.1. The normalized spacial score (nSPS) is 12.7. The van der Waals surface area contributed by atoms with E-state index in [1.807, 2.05) is 0 Å². The van der Waals surface area contributed by atoms with E-state index >= 15 is 0 Å². The lowest BCUT2D eigenvalue weighted by molar-refractivity contribution is -0.161. The number of hydrogen-bond donors (Lipinski definition) is 9. The van der Waals surface area contributed by atoms with Crippen molar-refractivity contribution in [1.82, 2.24) is 10.6 Å². The second kappa shape index (κ2) is 43.3. The van der Waals surface area contributed by atoms with Crippen molar-refractivity contribution in [3.8, 4) is 22.5 Å². The average Bonchev–Trinajstić information content (AvgIpc) is 0.730. The van der Waals surface area contributed by atoms with Gasteiger partial charge in [-0.05, 0) is 73.1 Å². The summed E-state index contributed by atoms with van der Waals surface area (Å²) in [6.45, 7) is 2.26. The zero-order chi connectivity index (χ0) is 68.1. The number of carboxylic acids is 1. The van der Waals surface area contributed by atoms with Gasteiger partial charge in [-0.25, -0.2) is 14.2 Å². The number of carboxylic acid groups (broad SMARTS) is 1. The number of unbranched alkanes of at least 4 members (excludes halogenated alkanes) is 28. The Labute approximate surface area is 553 Å². The van der Waals surface area contributed by atoms with Crippen LogP contribution in [0.5, 0.6) is 0 Å². The van der Waals surface area contributed by atoms with Crippen LogP contribution in [-0.2, 0) is 57.6 Å². The molecule has 1 aliphatic carbocycles. The van der Waals surface area contributed by atoms with Crippen molar-refractivity contribution in [1.29, 1.82) is 5.41 Å². The molecule has 4 rings (SSSR count). The average molecular weight is 1380 g/mol. The first kappa shape index (κ1) is 79.7. The zero-order valence-corrected chi connectivity index (χ0v) is 57.5. The molecule has 0 fully saturated rings. The maximum Gasteiger partial charge on any atom is 0.472 e. The van der Waals surface area contributed by atoms with Gasteiger partial charge in [0, 0.05) is 41.6 Å². The third-order valence-electron chi connectivity index (χ3n) is 15.7. The third kappa shape index (κ3) is 30.7. The number of carbonyl (C=O) groups excluding carboxylic acids is 3. The molecule has 1 aliphatic heterocycles. The van der Waals surface area contributed by atoms with Crippen LogP contribution in [0.25, 0.3) is 33.4 Å². The lowest BCUT2D eigenvalue weighted by Crippen LogP contribution is -2.34. The topological polar surface area (TPSA) is 380 Å². The van der Waals surface area contributed by atoms with Gasteiger partial charge in [-0.2, -0.15) is 16.8 Å². The number of fused-ring (bicyclic) bond motifs is 2. The van der Waals surface area contributed by atoms with Gasteiger partial charge in [0.15, 0.2) is 32.4 Å². The lowest BCUT2D eigenvalue weighted by Gasteiger charge is -2.20. The molecule has 24 nitrogen and oxygen atoms in total. The van der Waals surface area contributed by atoms with E-state index in [9.17, 15) is 59.7 Å². The molecule has 2 aliphatic rings. The minimum atomic E-state index is -5.26. The summed E-state index contributed by atoms with van der Waals surface area (Å²) in [6, 6.07) is 8.26. The number of nitrogens with one attached hydrogen (secondary N) is 4. The van der Waals surface area contributed by atoms with Gasteiger partial charge in [0.05, 0.1) is 36.4 Å². The molecular formula is C65H100N5O19PS3. The SMILES string of the molecule is CCCCCCCCCCCCCCCCCC(=O)OC[C@H](COP(=O)(O)OCCNC(=O)OCCNC(=S)Nc1ccc(C(=O)O)c(-c2c3ccc(=N)c(S(=O)(=O)O)c-3oc3c(S(=O)(=O)O)c(N)ccc23)c1)OC(=O)CCCCCCCCCCCCCCCCC. The highest BCUT2D eigenvalue weighted by Gasteiger charge is 2.32. The summed E-state index contributed by atoms with van der Waals surface area (Å²) in [7, 11) is -15.3. The minimum Gasteiger partial charge on any atom is -0.478 e. The number of phosphoric acid groups is 1. The molecular weight excluding hydrogens is 1280 g/mol. The van der Waals surface area contributed by atoms with Crippen molar-refractivity contribution >= 4 is 91.7 Å². The number of carbonyl (C=O) groups is 4. The van der Waals surface area contributed by atoms with Gasteiger partial charge in [0.2, 0.25) is 0 Å². The van der Waals surface area contributed by atoms with Gasteiger partial charge in [-0.1, -0.05) is 194 Å². The monoisotopic (exact) mass is 1380 g/mol. The Bertz CT molecular complexity index is 3290. The van der Waals surface area contributed by atoms with Gasteiger partial charge < -0.3 is 50.3 Å². The number of alkyl carbamates (subject to hydrolysis) is 1. The highest BCUT2D eigenvalue weighted by Crippen LogP contribution is 2.47. The first-order valence-electron chi connectivity index (χ1n) is 33.1. The lowest BCUT2D eigenvalue weighted by atomic mass is 9.90. The Balaban J connectivity index is 1.23. The number of aromatic carboxylic acids is 1. The standard InChI is InChI=1S/C65H100N5O19PS3/c1-3-5-7-9-11-13-15-17-19-21-23-25-27-29-31-33-56(71)85-46-49(88-57(72)34-32-30-28-26-24-22-20-18-16-14-12-10-8-6-4-2)47-87-90(76,77)86-44-42-69-65(75)84-43-41-68-64(91)70-48-35-36-50(63(73)74)53(45-48)58-51-37-39-54(66)61(92(78,79)80)59(51)89-60-52(58)38-40-55(67)62(60)93(81,82)83/h35-40,45,49,66H,3-34,41-44,46-47,67H2,1-2H3,(H,69,75)(H,73,74)(H,76,77)(H2,68,70,91)(H,78,79,80)(H,81,82,83)/t49-/m1/s1. The Morgan fingerprint density at radius 3 is 1.61 bits per heavy atom. The van der Waals surface area contributed by atoms with Crippen LogP contribution in [0, 0.1) is 5.41 Å². The fourth-order valence-electron chi connectivity index (χ4n) is 10.8. The quantitative estimate of drug-likeness (QED) is 0.00290. The third-order valence-corrected chi connectivity index (χ3v) is 18.7. The van der Waals surface area contributed by atoms with E-state index in [4.69, 9.17) is 51.0 Å². The van der Waals surface area contributed by atoms with Gasteiger partial charge in [0.25, 0.3) is 20.2 Å². The molecule has 0 aromatic heterocycles. The van der Waals surface area contributed by atoms with Gasteiger partial charge in [-0.3, -0.25) is 33.2 Å². The van der Waals surface area contributed by atoms with E-state index < -0.39 is 116 Å². The minimum absolute atomic E-state index is 0.0716. The van der Waals surface area contributed by atoms with Gasteiger partial charge >= 0.3 is 31.8 Å². The molecule has 0 saturated carbocycles. The highest BCUT2D eigenvalue weighted by atomic mass is 32.2. The second-order valence-corrected chi connectivity index (χ2v) is 28.0. The molecule has 2 aromatic rings. The Morgan fingerprint density at radius 1 is 0.613 bits per heavy atom. The highest BCUT2D eigenvalue weighted by molar-refractivity contribution is 7.86. The largest absolute Gasteiger partial charge is 0.478 e. The summed E-state index contributed by atoms with van der Waals surface area (Å²) < 4.78 is 116. The van der Waals surface area contributed by atoms with Gasteiger partial charge in [-0.15, -0.1) is 0 Å². The van der Waals surface area contributed by atoms with Crippen LogP contribution in [0.1, 0.15) is 230 Å². The van der Waals surface area contributed by atoms with E-state index in [0.29, 0.717) is 12.8 Å². The molecule has 522 valence electrons. The van der Waals surface area contributed by atoms with Crippen LogP contribution in [0.2, 0.25) is 0 Å². The molecule has 2 atom stereocenters. The van der Waals surface area contributed by atoms with Gasteiger partial charge in [0.1, 0.15) is 13.2 Å². The molecule has 1 unspecified atom stereocenters. The van der Waals surface area contributed by atoms with E-state index in [1.165, 1.54) is 159 Å². The summed E-state index contributed by atoms with van der Waals surface area (Å²) >= 11 is 5.41. The van der Waals surface area contributed by atoms with Crippen molar-refractivity contribution < 1.29 is 87.4 Å². The molecule has 1 heterocycles. The van der Waals surface area contributed by atoms with Crippen LogP contribution in [0.15, 0.2) is 56.7 Å². The number of ether oxygens (including phenoxy) is 3. The van der Waals surface area contributed by atoms with E-state index in [1.54, 1.807) is 0 Å². The maximum atomic E-state index is 13.0. The molecule has 93 heavy (non-hydrogen) atoms. The Hall–Kier alpha value is -5.77. The second-order valence-electron chi connectivity index (χ2n) is 23.4. The summed E-state index contributed by atoms with van der Waals surface area (Å²) in [6.07, 6.45) is 33.5. The van der Waals surface area contributed by atoms with Crippen LogP contribution in [0.3, 0.4) is 0 Å². The molecule has 28 heteroatoms. The molecule has 1 amide bonds. The molecule has 2 aromatic carbocycles. The summed E-state index contributed by atoms with van der Waals surface area (Å²) in [5, 5.41) is 25.5. The first-order chi connectivity index (χ1) is 44.5. The van der Waals surface area contributed by atoms with Crippen LogP contribution >= 0.6 is 20.0 Å². The van der Waals surface area contributed by atoms with E-state index in [0.717, 1.165) is 63.1 Å². The summed E-state index contributed by atoms with van der Waals surface area (Å²) in [5.41, 5.74) is 3.85. The predicted octanol–water partition coefficient (Wildman–Crippen LogP) is 14.6. The van der Waals surface area contributed by atoms with Crippen molar-refractivity contribution in [2.45, 2.75) is 235 Å². The molecule has 0 saturated heterocycles. The number of nitrogens with two attached hydrogens (primary N) is 1. The fourth-order valence-corrected chi connectivity index (χ4v) is 13.2. The summed E-state index contributed by atoms with van der Waals surface area (Å²) in [4.78, 5) is 59.4. The van der Waals surface area contributed by atoms with Crippen molar-refractivity contribution in [2.75, 3.05) is 50.6 Å². The number of nitrogen functional groups attached to an aromatic ring is 1. The number of benzene rings is 3. The first-order valence-corrected chi connectivity index (χ1v) is 37.9. The smallest absolute Gasteiger partial charge is 0.472 e. The number of thiocarbonyl (C=S) groups is 1. The number of esters is 2. The molecule has 10 N–H and O–H groups in total. The Morgan fingerprint density at radius 2 is 1.11 bits per heavy atom. The van der Waals surface area contributed by atoms with E-state index in [-0.39, 0.29) is 65.4 Å². The van der Waals surface area contributed by atoms with Crippen molar-refractivity contribution in [3.63, 3.8) is 0 Å². The van der Waals surface area contributed by atoms with E-state index in [2.05, 4.69) is 29.8 Å². The number of hydrogen-bond acceptors (Lipinski definition) is 18.